The topological polar surface area (TPSA) is 135 Å². The largest absolute Gasteiger partial charge is 0.493 e. The molecule has 1 aliphatic rings. The molecule has 0 bridgehead atoms. The van der Waals surface area contributed by atoms with Gasteiger partial charge in [-0.25, -0.2) is 14.4 Å². The number of hydrogen-bond acceptors (Lipinski definition) is 7. The fourth-order valence-electron chi connectivity index (χ4n) is 4.69. The van der Waals surface area contributed by atoms with Crippen molar-refractivity contribution < 1.29 is 38.8 Å². The van der Waals surface area contributed by atoms with Crippen molar-refractivity contribution in [2.75, 3.05) is 31.6 Å². The van der Waals surface area contributed by atoms with Gasteiger partial charge in [-0.2, -0.15) is 0 Å². The van der Waals surface area contributed by atoms with Gasteiger partial charge in [-0.05, 0) is 76.7 Å². The molecule has 1 aliphatic heterocycles. The molecular formula is C32H29BrN2O8S. The van der Waals surface area contributed by atoms with E-state index >= 15 is 0 Å². The van der Waals surface area contributed by atoms with E-state index in [0.717, 1.165) is 29.9 Å². The van der Waals surface area contributed by atoms with Crippen molar-refractivity contribution >= 4 is 50.9 Å². The van der Waals surface area contributed by atoms with E-state index < -0.39 is 18.5 Å². The lowest BCUT2D eigenvalue weighted by molar-refractivity contribution is -0.139. The molecule has 3 N–H and O–H groups in total. The lowest BCUT2D eigenvalue weighted by Gasteiger charge is -2.32. The summed E-state index contributed by atoms with van der Waals surface area (Å²) >= 11 is 4.37. The van der Waals surface area contributed by atoms with Crippen LogP contribution in [0.2, 0.25) is 0 Å². The number of carboxylic acids is 2. The monoisotopic (exact) mass is 680 g/mol. The number of halogens is 1. The van der Waals surface area contributed by atoms with Crippen LogP contribution in [0.5, 0.6) is 23.0 Å². The van der Waals surface area contributed by atoms with Crippen molar-refractivity contribution in [2.24, 2.45) is 5.92 Å². The number of aromatic carboxylic acids is 1. The van der Waals surface area contributed by atoms with Crippen LogP contribution in [0, 0.1) is 5.92 Å². The SMILES string of the molecule is O=C(O)COc1c(C(=O)O)sc(-c2cccc(OCC3CCN(C(=O)Nc4cccc(Oc5ccccc5)c4)CC3)c2)c1Br. The fraction of sp³-hybridized carbons (Fsp3) is 0.219. The van der Waals surface area contributed by atoms with E-state index in [9.17, 15) is 19.5 Å². The third kappa shape index (κ3) is 7.88. The number of rotatable bonds is 11. The summed E-state index contributed by atoms with van der Waals surface area (Å²) in [6.07, 6.45) is 1.57. The van der Waals surface area contributed by atoms with Gasteiger partial charge in [-0.3, -0.25) is 0 Å². The van der Waals surface area contributed by atoms with E-state index in [2.05, 4.69) is 21.2 Å². The van der Waals surface area contributed by atoms with Crippen LogP contribution < -0.4 is 19.5 Å². The third-order valence-corrected chi connectivity index (χ3v) is 9.12. The van der Waals surface area contributed by atoms with E-state index in [1.807, 2.05) is 66.7 Å². The molecule has 2 amide bonds. The molecule has 0 radical (unpaired) electrons. The van der Waals surface area contributed by atoms with E-state index in [-0.39, 0.29) is 22.6 Å². The molecule has 1 fully saturated rings. The molecule has 12 heteroatoms. The Hall–Kier alpha value is -4.55. The van der Waals surface area contributed by atoms with Gasteiger partial charge in [-0.15, -0.1) is 11.3 Å². The number of amides is 2. The number of piperidine rings is 1. The predicted octanol–water partition coefficient (Wildman–Crippen LogP) is 7.45. The molecule has 0 saturated carbocycles. The zero-order valence-corrected chi connectivity index (χ0v) is 25.8. The van der Waals surface area contributed by atoms with Crippen molar-refractivity contribution in [2.45, 2.75) is 12.8 Å². The second-order valence-corrected chi connectivity index (χ2v) is 11.8. The Balaban J connectivity index is 1.13. The standard InChI is InChI=1S/C32H29BrN2O8S/c33-27-28(42-19-26(36)37)30(31(38)39)44-29(27)21-6-4-10-24(16-21)41-18-20-12-14-35(15-13-20)32(40)34-22-7-5-11-25(17-22)43-23-8-2-1-3-9-23/h1-11,16-17,20H,12-15,18-19H2,(H,34,40)(H,36,37)(H,38,39). The minimum absolute atomic E-state index is 0.0183. The molecule has 0 atom stereocenters. The highest BCUT2D eigenvalue weighted by Gasteiger charge is 2.26. The smallest absolute Gasteiger partial charge is 0.349 e. The van der Waals surface area contributed by atoms with Crippen molar-refractivity contribution in [3.05, 3.63) is 88.2 Å². The minimum Gasteiger partial charge on any atom is -0.493 e. The Bertz CT molecular complexity index is 1640. The van der Waals surface area contributed by atoms with Gasteiger partial charge >= 0.3 is 18.0 Å². The molecule has 0 spiro atoms. The van der Waals surface area contributed by atoms with Crippen LogP contribution >= 0.6 is 27.3 Å². The van der Waals surface area contributed by atoms with E-state index in [1.165, 1.54) is 0 Å². The summed E-state index contributed by atoms with van der Waals surface area (Å²) in [4.78, 5) is 37.9. The number of benzene rings is 3. The van der Waals surface area contributed by atoms with E-state index in [0.29, 0.717) is 51.8 Å². The molecular weight excluding hydrogens is 652 g/mol. The number of ether oxygens (including phenoxy) is 3. The van der Waals surface area contributed by atoms with Crippen LogP contribution in [0.1, 0.15) is 22.5 Å². The highest BCUT2D eigenvalue weighted by Crippen LogP contribution is 2.46. The van der Waals surface area contributed by atoms with E-state index in [4.69, 9.17) is 19.3 Å². The number of nitrogens with one attached hydrogen (secondary N) is 1. The van der Waals surface area contributed by atoms with Crippen LogP contribution in [-0.2, 0) is 4.79 Å². The molecule has 1 aromatic heterocycles. The second kappa shape index (κ2) is 14.3. The molecule has 5 rings (SSSR count). The van der Waals surface area contributed by atoms with Gasteiger partial charge in [0.05, 0.1) is 16.0 Å². The number of likely N-dealkylation sites (tertiary alicyclic amines) is 1. The van der Waals surface area contributed by atoms with Crippen LogP contribution in [0.4, 0.5) is 10.5 Å². The van der Waals surface area contributed by atoms with Crippen LogP contribution in [-0.4, -0.2) is 59.4 Å². The molecule has 0 aliphatic carbocycles. The molecule has 0 unspecified atom stereocenters. The highest BCUT2D eigenvalue weighted by atomic mass is 79.9. The maximum Gasteiger partial charge on any atom is 0.349 e. The third-order valence-electron chi connectivity index (χ3n) is 6.89. The first-order valence-corrected chi connectivity index (χ1v) is 15.4. The molecule has 3 aromatic carbocycles. The number of hydrogen-bond donors (Lipinski definition) is 3. The quantitative estimate of drug-likeness (QED) is 0.149. The van der Waals surface area contributed by atoms with Gasteiger partial charge in [0.2, 0.25) is 0 Å². The summed E-state index contributed by atoms with van der Waals surface area (Å²) in [6.45, 7) is 1.00. The molecule has 10 nitrogen and oxygen atoms in total. The molecule has 1 saturated heterocycles. The zero-order valence-electron chi connectivity index (χ0n) is 23.4. The van der Waals surface area contributed by atoms with Crippen molar-refractivity contribution in [1.29, 1.82) is 0 Å². The Kier molecular flexibility index (Phi) is 10.0. The van der Waals surface area contributed by atoms with Gasteiger partial charge in [0, 0.05) is 24.8 Å². The van der Waals surface area contributed by atoms with Crippen LogP contribution in [0.15, 0.2) is 83.3 Å². The van der Waals surface area contributed by atoms with Crippen molar-refractivity contribution in [3.8, 4) is 33.4 Å². The number of carboxylic acid groups (broad SMARTS) is 2. The minimum atomic E-state index is -1.21. The van der Waals surface area contributed by atoms with Gasteiger partial charge < -0.3 is 34.6 Å². The summed E-state index contributed by atoms with van der Waals surface area (Å²) < 4.78 is 17.6. The summed E-state index contributed by atoms with van der Waals surface area (Å²) in [6, 6.07) is 23.8. The Morgan fingerprint density at radius 1 is 0.886 bits per heavy atom. The zero-order chi connectivity index (χ0) is 31.1. The van der Waals surface area contributed by atoms with Gasteiger partial charge in [0.25, 0.3) is 0 Å². The molecule has 4 aromatic rings. The fourth-order valence-corrected chi connectivity index (χ4v) is 6.58. The number of carbonyl (C=O) groups is 3. The normalized spacial score (nSPS) is 13.2. The summed E-state index contributed by atoms with van der Waals surface area (Å²) in [5.41, 5.74) is 1.36. The number of thiophene rings is 1. The first-order chi connectivity index (χ1) is 21.3. The summed E-state index contributed by atoms with van der Waals surface area (Å²) in [5, 5.41) is 21.5. The van der Waals surface area contributed by atoms with Crippen molar-refractivity contribution in [3.63, 3.8) is 0 Å². The second-order valence-electron chi connectivity index (χ2n) is 10.0. The average molecular weight is 682 g/mol. The highest BCUT2D eigenvalue weighted by molar-refractivity contribution is 9.10. The number of urea groups is 1. The molecule has 2 heterocycles. The number of para-hydroxylation sites is 1. The van der Waals surface area contributed by atoms with Crippen LogP contribution in [0.3, 0.4) is 0 Å². The van der Waals surface area contributed by atoms with E-state index in [1.54, 1.807) is 17.0 Å². The summed E-state index contributed by atoms with van der Waals surface area (Å²) in [7, 11) is 0. The molecule has 228 valence electrons. The number of aliphatic carboxylic acids is 1. The Morgan fingerprint density at radius 3 is 2.32 bits per heavy atom. The van der Waals surface area contributed by atoms with Gasteiger partial charge in [0.1, 0.15) is 17.2 Å². The number of anilines is 1. The Labute approximate surface area is 265 Å². The van der Waals surface area contributed by atoms with Crippen molar-refractivity contribution in [1.82, 2.24) is 4.90 Å². The first kappa shape index (κ1) is 30.9. The van der Waals surface area contributed by atoms with Gasteiger partial charge in [-0.1, -0.05) is 36.4 Å². The number of nitrogens with zero attached hydrogens (tertiary/aromatic N) is 1. The lowest BCUT2D eigenvalue weighted by Crippen LogP contribution is -2.42. The predicted molar refractivity (Wildman–Crippen MR) is 169 cm³/mol. The Morgan fingerprint density at radius 2 is 1.59 bits per heavy atom. The maximum absolute atomic E-state index is 12.9. The first-order valence-electron chi connectivity index (χ1n) is 13.8. The van der Waals surface area contributed by atoms with Gasteiger partial charge in [0.15, 0.2) is 17.2 Å². The lowest BCUT2D eigenvalue weighted by atomic mass is 9.98. The van der Waals surface area contributed by atoms with Crippen LogP contribution in [0.25, 0.3) is 10.4 Å². The average Bonchev–Trinajstić information content (AvgIpc) is 3.36. The number of carbonyl (C=O) groups excluding carboxylic acids is 1. The maximum atomic E-state index is 12.9. The summed E-state index contributed by atoms with van der Waals surface area (Å²) in [5.74, 6) is -0.207. The molecule has 44 heavy (non-hydrogen) atoms.